The number of rotatable bonds is 3. The molecule has 5 nitrogen and oxygen atoms in total. The first kappa shape index (κ1) is 18.6. The lowest BCUT2D eigenvalue weighted by molar-refractivity contribution is 0.262. The van der Waals surface area contributed by atoms with E-state index in [1.165, 1.54) is 24.4 Å². The Morgan fingerprint density at radius 3 is 2.37 bits per heavy atom. The highest BCUT2D eigenvalue weighted by molar-refractivity contribution is 6.31. The lowest BCUT2D eigenvalue weighted by Crippen LogP contribution is -2.19. The van der Waals surface area contributed by atoms with E-state index >= 15 is 0 Å². The molecule has 2 amide bonds. The molecule has 1 heterocycles. The number of nitrogens with one attached hydrogen (secondary N) is 2. The number of urea groups is 1. The summed E-state index contributed by atoms with van der Waals surface area (Å²) in [6.45, 7) is 0. The normalized spacial score (nSPS) is 10.1. The predicted molar refractivity (Wildman–Crippen MR) is 103 cm³/mol. The molecule has 134 valence electrons. The zero-order chi connectivity index (χ0) is 19.4. The van der Waals surface area contributed by atoms with Crippen LogP contribution >= 0.6 is 23.2 Å². The molecule has 0 fully saturated rings. The molecule has 8 heteroatoms. The number of nitrogens with zero attached hydrogens (tertiary/aromatic N) is 2. The number of benzene rings is 2. The van der Waals surface area contributed by atoms with Crippen molar-refractivity contribution < 1.29 is 9.18 Å². The molecule has 0 unspecified atom stereocenters. The van der Waals surface area contributed by atoms with Crippen LogP contribution in [0.4, 0.5) is 20.6 Å². The molecule has 0 aliphatic carbocycles. The molecule has 3 rings (SSSR count). The first-order chi connectivity index (χ1) is 13.0. The summed E-state index contributed by atoms with van der Waals surface area (Å²) in [5.41, 5.74) is 2.58. The number of amides is 2. The van der Waals surface area contributed by atoms with E-state index in [4.69, 9.17) is 23.2 Å². The maximum Gasteiger partial charge on any atom is 0.323 e. The molecule has 1 aromatic heterocycles. The zero-order valence-electron chi connectivity index (χ0n) is 13.6. The Morgan fingerprint density at radius 2 is 1.70 bits per heavy atom. The number of anilines is 2. The average Bonchev–Trinajstić information content (AvgIpc) is 2.65. The van der Waals surface area contributed by atoms with Crippen LogP contribution in [-0.2, 0) is 0 Å². The molecule has 0 atom stereocenters. The van der Waals surface area contributed by atoms with Crippen LogP contribution in [0.3, 0.4) is 0 Å². The molecule has 0 saturated carbocycles. The standard InChI is InChI=1S/C19H11Cl2FN4O/c20-16-9-13(5-6-17(16)22)26-19(27)25-12-3-1-11(2-4-12)14-7-8-24-18(21)15(14)10-23/h1-9H,(H2,25,26,27). The topological polar surface area (TPSA) is 77.8 Å². The fourth-order valence-electron chi connectivity index (χ4n) is 2.38. The van der Waals surface area contributed by atoms with Crippen LogP contribution in [0, 0.1) is 17.1 Å². The van der Waals surface area contributed by atoms with Gasteiger partial charge in [-0.05, 0) is 42.0 Å². The van der Waals surface area contributed by atoms with E-state index in [-0.39, 0.29) is 15.7 Å². The van der Waals surface area contributed by atoms with Crippen molar-refractivity contribution in [2.45, 2.75) is 0 Å². The van der Waals surface area contributed by atoms with Crippen molar-refractivity contribution in [3.8, 4) is 17.2 Å². The van der Waals surface area contributed by atoms with Crippen LogP contribution in [0.2, 0.25) is 10.2 Å². The smallest absolute Gasteiger partial charge is 0.308 e. The van der Waals surface area contributed by atoms with Crippen LogP contribution in [-0.4, -0.2) is 11.0 Å². The van der Waals surface area contributed by atoms with E-state index in [0.29, 0.717) is 16.9 Å². The molecule has 0 radical (unpaired) electrons. The Balaban J connectivity index is 1.72. The maximum atomic E-state index is 13.1. The quantitative estimate of drug-likeness (QED) is 0.552. The summed E-state index contributed by atoms with van der Waals surface area (Å²) in [5, 5.41) is 14.5. The third-order valence-corrected chi connectivity index (χ3v) is 4.22. The number of carbonyl (C=O) groups is 1. The Bertz CT molecular complexity index is 1050. The second-order valence-electron chi connectivity index (χ2n) is 5.42. The van der Waals surface area contributed by atoms with Crippen molar-refractivity contribution in [3.05, 3.63) is 76.3 Å². The van der Waals surface area contributed by atoms with Gasteiger partial charge < -0.3 is 10.6 Å². The molecule has 27 heavy (non-hydrogen) atoms. The highest BCUT2D eigenvalue weighted by atomic mass is 35.5. The van der Waals surface area contributed by atoms with Crippen molar-refractivity contribution >= 4 is 40.6 Å². The Morgan fingerprint density at radius 1 is 1.04 bits per heavy atom. The third-order valence-electron chi connectivity index (χ3n) is 3.65. The van der Waals surface area contributed by atoms with Gasteiger partial charge in [0.05, 0.1) is 10.6 Å². The second-order valence-corrected chi connectivity index (χ2v) is 6.19. The molecule has 0 aliphatic heterocycles. The monoisotopic (exact) mass is 400 g/mol. The fraction of sp³-hybridized carbons (Fsp3) is 0. The van der Waals surface area contributed by atoms with Crippen molar-refractivity contribution in [1.82, 2.24) is 4.98 Å². The number of nitriles is 1. The molecular weight excluding hydrogens is 390 g/mol. The van der Waals surface area contributed by atoms with Gasteiger partial charge in [-0.3, -0.25) is 0 Å². The Kier molecular flexibility index (Phi) is 5.55. The van der Waals surface area contributed by atoms with Gasteiger partial charge in [0, 0.05) is 23.1 Å². The van der Waals surface area contributed by atoms with Gasteiger partial charge in [-0.1, -0.05) is 35.3 Å². The van der Waals surface area contributed by atoms with Crippen LogP contribution < -0.4 is 10.6 Å². The molecule has 2 aromatic carbocycles. The number of carbonyl (C=O) groups excluding carboxylic acids is 1. The molecule has 0 spiro atoms. The molecule has 2 N–H and O–H groups in total. The fourth-order valence-corrected chi connectivity index (χ4v) is 2.76. The molecular formula is C19H11Cl2FN4O. The first-order valence-electron chi connectivity index (χ1n) is 7.66. The van der Waals surface area contributed by atoms with E-state index in [0.717, 1.165) is 5.56 Å². The average molecular weight is 401 g/mol. The van der Waals surface area contributed by atoms with Gasteiger partial charge >= 0.3 is 6.03 Å². The number of hydrogen-bond acceptors (Lipinski definition) is 3. The number of halogens is 3. The second kappa shape index (κ2) is 8.04. The lowest BCUT2D eigenvalue weighted by atomic mass is 10.0. The van der Waals surface area contributed by atoms with E-state index in [2.05, 4.69) is 15.6 Å². The van der Waals surface area contributed by atoms with Gasteiger partial charge in [-0.25, -0.2) is 14.2 Å². The van der Waals surface area contributed by atoms with Crippen molar-refractivity contribution in [3.63, 3.8) is 0 Å². The number of hydrogen-bond donors (Lipinski definition) is 2. The summed E-state index contributed by atoms with van der Waals surface area (Å²) in [5.74, 6) is -0.564. The van der Waals surface area contributed by atoms with Gasteiger partial charge in [0.1, 0.15) is 17.0 Å². The van der Waals surface area contributed by atoms with Gasteiger partial charge in [0.25, 0.3) is 0 Å². The summed E-state index contributed by atoms with van der Waals surface area (Å²) < 4.78 is 13.1. The Labute approximate surface area is 164 Å². The lowest BCUT2D eigenvalue weighted by Gasteiger charge is -2.10. The maximum absolute atomic E-state index is 13.1. The summed E-state index contributed by atoms with van der Waals surface area (Å²) in [6, 6.07) is 14.0. The van der Waals surface area contributed by atoms with Gasteiger partial charge in [-0.2, -0.15) is 5.26 Å². The molecule has 0 saturated heterocycles. The summed E-state index contributed by atoms with van der Waals surface area (Å²) in [7, 11) is 0. The van der Waals surface area contributed by atoms with Gasteiger partial charge in [0.15, 0.2) is 0 Å². The predicted octanol–water partition coefficient (Wildman–Crippen LogP) is 5.71. The summed E-state index contributed by atoms with van der Waals surface area (Å²) in [4.78, 5) is 15.9. The minimum absolute atomic E-state index is 0.0820. The van der Waals surface area contributed by atoms with E-state index in [1.54, 1.807) is 30.3 Å². The van der Waals surface area contributed by atoms with Crippen LogP contribution in [0.15, 0.2) is 54.7 Å². The van der Waals surface area contributed by atoms with E-state index in [1.807, 2.05) is 6.07 Å². The van der Waals surface area contributed by atoms with E-state index < -0.39 is 11.8 Å². The van der Waals surface area contributed by atoms with Crippen molar-refractivity contribution in [1.29, 1.82) is 5.26 Å². The zero-order valence-corrected chi connectivity index (χ0v) is 15.1. The SMILES string of the molecule is N#Cc1c(-c2ccc(NC(=O)Nc3ccc(F)c(Cl)c3)cc2)ccnc1Cl. The van der Waals surface area contributed by atoms with Gasteiger partial charge in [-0.15, -0.1) is 0 Å². The van der Waals surface area contributed by atoms with Gasteiger partial charge in [0.2, 0.25) is 0 Å². The largest absolute Gasteiger partial charge is 0.323 e. The highest BCUT2D eigenvalue weighted by Gasteiger charge is 2.10. The summed E-state index contributed by atoms with van der Waals surface area (Å²) in [6.07, 6.45) is 1.52. The molecule has 3 aromatic rings. The van der Waals surface area contributed by atoms with Crippen molar-refractivity contribution in [2.24, 2.45) is 0 Å². The summed E-state index contributed by atoms with van der Waals surface area (Å²) >= 11 is 11.6. The minimum Gasteiger partial charge on any atom is -0.308 e. The van der Waals surface area contributed by atoms with Crippen LogP contribution in [0.1, 0.15) is 5.56 Å². The van der Waals surface area contributed by atoms with Crippen LogP contribution in [0.5, 0.6) is 0 Å². The number of pyridine rings is 1. The molecule has 0 bridgehead atoms. The molecule has 0 aliphatic rings. The Hall–Kier alpha value is -3.14. The van der Waals surface area contributed by atoms with E-state index in [9.17, 15) is 14.4 Å². The number of aromatic nitrogens is 1. The van der Waals surface area contributed by atoms with Crippen molar-refractivity contribution in [2.75, 3.05) is 10.6 Å². The minimum atomic E-state index is -0.564. The third kappa shape index (κ3) is 4.34. The van der Waals surface area contributed by atoms with Crippen LogP contribution in [0.25, 0.3) is 11.1 Å². The highest BCUT2D eigenvalue weighted by Crippen LogP contribution is 2.28. The first-order valence-corrected chi connectivity index (χ1v) is 8.41.